The van der Waals surface area contributed by atoms with Gasteiger partial charge in [0.25, 0.3) is 0 Å². The fourth-order valence-corrected chi connectivity index (χ4v) is 2.19. The monoisotopic (exact) mass is 185 g/mol. The molecule has 0 aliphatic rings. The smallest absolute Gasteiger partial charge is 0.0180 e. The van der Waals surface area contributed by atoms with Crippen molar-refractivity contribution in [3.63, 3.8) is 0 Å². The second-order valence-electron chi connectivity index (χ2n) is 5.81. The molecule has 0 saturated heterocycles. The summed E-state index contributed by atoms with van der Waals surface area (Å²) < 4.78 is 0. The Kier molecular flexibility index (Phi) is 3.59. The number of nitrogens with one attached hydrogen (secondary N) is 1. The molecule has 0 fully saturated rings. The van der Waals surface area contributed by atoms with Crippen LogP contribution in [0.3, 0.4) is 0 Å². The second-order valence-corrected chi connectivity index (χ2v) is 5.81. The van der Waals surface area contributed by atoms with Gasteiger partial charge in [-0.15, -0.1) is 0 Å². The first kappa shape index (κ1) is 13.0. The van der Waals surface area contributed by atoms with E-state index in [0.29, 0.717) is 10.8 Å². The first-order valence-electron chi connectivity index (χ1n) is 5.31. The average Bonchev–Trinajstić information content (AvgIpc) is 2.00. The van der Waals surface area contributed by atoms with Crippen molar-refractivity contribution in [3.8, 4) is 0 Å². The maximum Gasteiger partial charge on any atom is 0.0180 e. The normalized spacial score (nSPS) is 18.5. The molecule has 0 spiro atoms. The van der Waals surface area contributed by atoms with Crippen LogP contribution in [0, 0.1) is 10.8 Å². The van der Waals surface area contributed by atoms with Gasteiger partial charge in [-0.2, -0.15) is 0 Å². The van der Waals surface area contributed by atoms with E-state index in [1.54, 1.807) is 0 Å². The summed E-state index contributed by atoms with van der Waals surface area (Å²) in [5, 5.41) is 3.44. The Morgan fingerprint density at radius 3 is 1.38 bits per heavy atom. The maximum absolute atomic E-state index is 3.44. The topological polar surface area (TPSA) is 12.0 Å². The zero-order valence-corrected chi connectivity index (χ0v) is 10.7. The summed E-state index contributed by atoms with van der Waals surface area (Å²) in [7, 11) is 2.06. The summed E-state index contributed by atoms with van der Waals surface area (Å²) in [6.45, 7) is 16.2. The van der Waals surface area contributed by atoms with Gasteiger partial charge in [0.05, 0.1) is 0 Å². The molecular formula is C12H27N. The lowest BCUT2D eigenvalue weighted by Crippen LogP contribution is -2.56. The Morgan fingerprint density at radius 2 is 1.31 bits per heavy atom. The van der Waals surface area contributed by atoms with Crippen LogP contribution >= 0.6 is 0 Å². The van der Waals surface area contributed by atoms with Crippen LogP contribution in [0.4, 0.5) is 0 Å². The van der Waals surface area contributed by atoms with Crippen molar-refractivity contribution in [2.24, 2.45) is 10.8 Å². The standard InChI is InChI=1S/C12H27N/c1-9-12(7,10(2,3)4)11(5,6)13-8/h13H,9H2,1-8H3. The van der Waals surface area contributed by atoms with E-state index in [1.807, 2.05) is 0 Å². The maximum atomic E-state index is 3.44. The van der Waals surface area contributed by atoms with Gasteiger partial charge in [-0.3, -0.25) is 0 Å². The van der Waals surface area contributed by atoms with E-state index in [-0.39, 0.29) is 5.54 Å². The predicted molar refractivity (Wildman–Crippen MR) is 61.0 cm³/mol. The highest BCUT2D eigenvalue weighted by Crippen LogP contribution is 2.48. The number of hydrogen-bond acceptors (Lipinski definition) is 1. The van der Waals surface area contributed by atoms with Gasteiger partial charge in [0, 0.05) is 5.54 Å². The molecule has 1 heteroatoms. The molecule has 0 aliphatic heterocycles. The van der Waals surface area contributed by atoms with Crippen LogP contribution in [0.25, 0.3) is 0 Å². The molecule has 13 heavy (non-hydrogen) atoms. The molecule has 1 nitrogen and oxygen atoms in total. The fourth-order valence-electron chi connectivity index (χ4n) is 2.19. The molecule has 1 N–H and O–H groups in total. The lowest BCUT2D eigenvalue weighted by atomic mass is 9.57. The first-order valence-corrected chi connectivity index (χ1v) is 5.31. The third kappa shape index (κ3) is 2.07. The third-order valence-electron chi connectivity index (χ3n) is 4.37. The minimum Gasteiger partial charge on any atom is -0.314 e. The predicted octanol–water partition coefficient (Wildman–Crippen LogP) is 3.45. The van der Waals surface area contributed by atoms with E-state index in [4.69, 9.17) is 0 Å². The van der Waals surface area contributed by atoms with Gasteiger partial charge in [0.1, 0.15) is 0 Å². The molecular weight excluding hydrogens is 158 g/mol. The molecule has 0 amide bonds. The van der Waals surface area contributed by atoms with Gasteiger partial charge in [0.2, 0.25) is 0 Å². The van der Waals surface area contributed by atoms with Crippen molar-refractivity contribution in [3.05, 3.63) is 0 Å². The van der Waals surface area contributed by atoms with Gasteiger partial charge in [-0.25, -0.2) is 0 Å². The molecule has 0 heterocycles. The quantitative estimate of drug-likeness (QED) is 0.710. The molecule has 0 radical (unpaired) electrons. The van der Waals surface area contributed by atoms with Crippen molar-refractivity contribution in [2.45, 2.75) is 60.4 Å². The van der Waals surface area contributed by atoms with Crippen LogP contribution < -0.4 is 5.32 Å². The van der Waals surface area contributed by atoms with Gasteiger partial charge in [-0.1, -0.05) is 34.6 Å². The van der Waals surface area contributed by atoms with Crippen LogP contribution in [0.5, 0.6) is 0 Å². The molecule has 0 bridgehead atoms. The lowest BCUT2D eigenvalue weighted by Gasteiger charge is -2.52. The van der Waals surface area contributed by atoms with Crippen molar-refractivity contribution >= 4 is 0 Å². The van der Waals surface area contributed by atoms with Gasteiger partial charge in [-0.05, 0) is 38.1 Å². The molecule has 0 aliphatic carbocycles. The summed E-state index contributed by atoms with van der Waals surface area (Å²) in [6.07, 6.45) is 1.20. The van der Waals surface area contributed by atoms with Crippen molar-refractivity contribution in [1.82, 2.24) is 5.32 Å². The number of hydrogen-bond donors (Lipinski definition) is 1. The zero-order valence-electron chi connectivity index (χ0n) is 10.7. The Labute approximate surface area is 84.3 Å². The van der Waals surface area contributed by atoms with E-state index in [1.165, 1.54) is 6.42 Å². The van der Waals surface area contributed by atoms with E-state index in [0.717, 1.165) is 0 Å². The molecule has 0 saturated carbocycles. The minimum atomic E-state index is 0.181. The van der Waals surface area contributed by atoms with Crippen LogP contribution in [-0.2, 0) is 0 Å². The van der Waals surface area contributed by atoms with E-state index < -0.39 is 0 Å². The van der Waals surface area contributed by atoms with Gasteiger partial charge in [0.15, 0.2) is 0 Å². The Balaban J connectivity index is 5.06. The van der Waals surface area contributed by atoms with Crippen molar-refractivity contribution < 1.29 is 0 Å². The largest absolute Gasteiger partial charge is 0.314 e. The summed E-state index contributed by atoms with van der Waals surface area (Å²) in [5.74, 6) is 0. The first-order chi connectivity index (χ1) is 5.62. The third-order valence-corrected chi connectivity index (χ3v) is 4.37. The Hall–Kier alpha value is -0.0400. The lowest BCUT2D eigenvalue weighted by molar-refractivity contribution is 0.00860. The van der Waals surface area contributed by atoms with Gasteiger partial charge >= 0.3 is 0 Å². The van der Waals surface area contributed by atoms with Crippen molar-refractivity contribution in [2.75, 3.05) is 7.05 Å². The average molecular weight is 185 g/mol. The van der Waals surface area contributed by atoms with E-state index >= 15 is 0 Å². The van der Waals surface area contributed by atoms with Crippen LogP contribution in [0.2, 0.25) is 0 Å². The summed E-state index contributed by atoms with van der Waals surface area (Å²) >= 11 is 0. The van der Waals surface area contributed by atoms with E-state index in [2.05, 4.69) is 60.8 Å². The van der Waals surface area contributed by atoms with Crippen LogP contribution in [-0.4, -0.2) is 12.6 Å². The number of rotatable bonds is 3. The Morgan fingerprint density at radius 1 is 0.923 bits per heavy atom. The molecule has 1 atom stereocenters. The zero-order chi connectivity index (χ0) is 10.9. The molecule has 0 rings (SSSR count). The van der Waals surface area contributed by atoms with Crippen LogP contribution in [0.15, 0.2) is 0 Å². The highest BCUT2D eigenvalue weighted by molar-refractivity contribution is 5.01. The molecule has 0 aromatic heterocycles. The van der Waals surface area contributed by atoms with Crippen molar-refractivity contribution in [1.29, 1.82) is 0 Å². The summed E-state index contributed by atoms with van der Waals surface area (Å²) in [5.41, 5.74) is 0.822. The molecule has 0 aromatic carbocycles. The fraction of sp³-hybridized carbons (Fsp3) is 1.00. The Bertz CT molecular complexity index is 164. The second kappa shape index (κ2) is 3.61. The highest BCUT2D eigenvalue weighted by Gasteiger charge is 2.46. The molecule has 0 aromatic rings. The summed E-state index contributed by atoms with van der Waals surface area (Å²) in [6, 6.07) is 0. The SMILES string of the molecule is CCC(C)(C(C)(C)C)C(C)(C)NC. The molecule has 1 unspecified atom stereocenters. The van der Waals surface area contributed by atoms with E-state index in [9.17, 15) is 0 Å². The minimum absolute atomic E-state index is 0.181. The molecule has 80 valence electrons. The van der Waals surface area contributed by atoms with Gasteiger partial charge < -0.3 is 5.32 Å². The summed E-state index contributed by atoms with van der Waals surface area (Å²) in [4.78, 5) is 0. The highest BCUT2D eigenvalue weighted by atomic mass is 15.0. The van der Waals surface area contributed by atoms with Crippen LogP contribution in [0.1, 0.15) is 54.9 Å².